The van der Waals surface area contributed by atoms with Crippen LogP contribution in [0.15, 0.2) is 18.2 Å². The summed E-state index contributed by atoms with van der Waals surface area (Å²) in [5, 5.41) is 4.85. The van der Waals surface area contributed by atoms with Crippen LogP contribution in [0.25, 0.3) is 0 Å². The second kappa shape index (κ2) is 7.13. The molecule has 0 radical (unpaired) electrons. The van der Waals surface area contributed by atoms with E-state index in [9.17, 15) is 0 Å². The third-order valence-corrected chi connectivity index (χ3v) is 5.00. The first kappa shape index (κ1) is 16.1. The fourth-order valence-corrected chi connectivity index (χ4v) is 3.48. The van der Waals surface area contributed by atoms with E-state index in [1.807, 2.05) is 19.2 Å². The van der Waals surface area contributed by atoms with Crippen molar-refractivity contribution in [2.75, 3.05) is 13.7 Å². The van der Waals surface area contributed by atoms with E-state index in [-0.39, 0.29) is 11.6 Å². The first-order chi connectivity index (χ1) is 9.63. The molecule has 0 aliphatic heterocycles. The second-order valence-electron chi connectivity index (χ2n) is 5.54. The highest BCUT2D eigenvalue weighted by atomic mass is 35.5. The van der Waals surface area contributed by atoms with E-state index in [2.05, 4.69) is 18.3 Å². The third kappa shape index (κ3) is 3.30. The van der Waals surface area contributed by atoms with Gasteiger partial charge in [0.2, 0.25) is 0 Å². The molecule has 0 saturated heterocycles. The summed E-state index contributed by atoms with van der Waals surface area (Å²) < 4.78 is 5.94. The molecule has 2 nitrogen and oxygen atoms in total. The van der Waals surface area contributed by atoms with Crippen LogP contribution < -0.4 is 5.32 Å². The number of hydrogen-bond donors (Lipinski definition) is 1. The van der Waals surface area contributed by atoms with Gasteiger partial charge in [-0.3, -0.25) is 0 Å². The van der Waals surface area contributed by atoms with Crippen molar-refractivity contribution in [1.29, 1.82) is 0 Å². The second-order valence-corrected chi connectivity index (χ2v) is 6.35. The molecule has 1 aliphatic rings. The minimum atomic E-state index is -0.119. The average Bonchev–Trinajstić information content (AvgIpc) is 2.93. The predicted octanol–water partition coefficient (Wildman–Crippen LogP) is 4.99. The van der Waals surface area contributed by atoms with Crippen LogP contribution in [0, 0.1) is 0 Å². The fraction of sp³-hybridized carbons (Fsp3) is 0.625. The Balaban J connectivity index is 2.32. The average molecular weight is 316 g/mol. The maximum absolute atomic E-state index is 6.19. The zero-order valence-electron chi connectivity index (χ0n) is 12.2. The Bertz CT molecular complexity index is 444. The van der Waals surface area contributed by atoms with E-state index in [0.717, 1.165) is 31.4 Å². The molecule has 0 heterocycles. The van der Waals surface area contributed by atoms with Crippen LogP contribution in [0.4, 0.5) is 0 Å². The SMILES string of the molecule is CCCNC(c1ccc(Cl)c(Cl)c1)C1(OC)CCCC1. The van der Waals surface area contributed by atoms with Crippen LogP contribution in [-0.2, 0) is 4.74 Å². The van der Waals surface area contributed by atoms with Crippen LogP contribution in [0.2, 0.25) is 10.0 Å². The highest BCUT2D eigenvalue weighted by Gasteiger charge is 2.42. The molecule has 2 rings (SSSR count). The molecule has 1 unspecified atom stereocenters. The molecule has 0 spiro atoms. The zero-order valence-corrected chi connectivity index (χ0v) is 13.7. The summed E-state index contributed by atoms with van der Waals surface area (Å²) in [5.74, 6) is 0. The molecule has 1 fully saturated rings. The van der Waals surface area contributed by atoms with Crippen molar-refractivity contribution in [3.63, 3.8) is 0 Å². The maximum atomic E-state index is 6.19. The molecule has 1 aromatic rings. The summed E-state index contributed by atoms with van der Waals surface area (Å²) in [5.41, 5.74) is 1.04. The normalized spacial score (nSPS) is 19.2. The molecule has 112 valence electrons. The van der Waals surface area contributed by atoms with Crippen molar-refractivity contribution in [2.45, 2.75) is 50.7 Å². The van der Waals surface area contributed by atoms with E-state index >= 15 is 0 Å². The van der Waals surface area contributed by atoms with Gasteiger partial charge in [0.05, 0.1) is 21.7 Å². The minimum Gasteiger partial charge on any atom is -0.376 e. The van der Waals surface area contributed by atoms with Gasteiger partial charge < -0.3 is 10.1 Å². The smallest absolute Gasteiger partial charge is 0.0872 e. The number of hydrogen-bond acceptors (Lipinski definition) is 2. The van der Waals surface area contributed by atoms with Crippen molar-refractivity contribution < 1.29 is 4.74 Å². The Morgan fingerprint density at radius 2 is 1.95 bits per heavy atom. The molecule has 1 aromatic carbocycles. The van der Waals surface area contributed by atoms with Crippen LogP contribution >= 0.6 is 23.2 Å². The number of ether oxygens (including phenoxy) is 1. The van der Waals surface area contributed by atoms with Gasteiger partial charge in [-0.1, -0.05) is 49.0 Å². The molecular formula is C16H23Cl2NO. The number of benzene rings is 1. The number of rotatable bonds is 6. The Morgan fingerprint density at radius 1 is 1.25 bits per heavy atom. The van der Waals surface area contributed by atoms with E-state index in [1.54, 1.807) is 0 Å². The van der Waals surface area contributed by atoms with Gasteiger partial charge in [0, 0.05) is 7.11 Å². The summed E-state index contributed by atoms with van der Waals surface area (Å²) in [6, 6.07) is 6.07. The molecule has 0 bridgehead atoms. The van der Waals surface area contributed by atoms with Gasteiger partial charge in [-0.05, 0) is 43.5 Å². The number of halogens is 2. The van der Waals surface area contributed by atoms with Gasteiger partial charge in [-0.25, -0.2) is 0 Å². The standard InChI is InChI=1S/C16H23Cl2NO/c1-3-10-19-15(16(20-2)8-4-5-9-16)12-6-7-13(17)14(18)11-12/h6-7,11,15,19H,3-5,8-10H2,1-2H3. The quantitative estimate of drug-likeness (QED) is 0.798. The molecule has 4 heteroatoms. The van der Waals surface area contributed by atoms with Crippen molar-refractivity contribution >= 4 is 23.2 Å². The molecule has 0 aromatic heterocycles. The highest BCUT2D eigenvalue weighted by molar-refractivity contribution is 6.42. The summed E-state index contributed by atoms with van der Waals surface area (Å²) in [6.45, 7) is 3.14. The van der Waals surface area contributed by atoms with Crippen LogP contribution in [-0.4, -0.2) is 19.3 Å². The molecule has 1 saturated carbocycles. The molecule has 1 N–H and O–H groups in total. The molecular weight excluding hydrogens is 293 g/mol. The lowest BCUT2D eigenvalue weighted by Crippen LogP contribution is -2.43. The van der Waals surface area contributed by atoms with Crippen molar-refractivity contribution in [3.05, 3.63) is 33.8 Å². The van der Waals surface area contributed by atoms with Gasteiger partial charge in [0.15, 0.2) is 0 Å². The summed E-state index contributed by atoms with van der Waals surface area (Å²) in [7, 11) is 1.82. The van der Waals surface area contributed by atoms with Crippen LogP contribution in [0.5, 0.6) is 0 Å². The molecule has 20 heavy (non-hydrogen) atoms. The monoisotopic (exact) mass is 315 g/mol. The predicted molar refractivity (Wildman–Crippen MR) is 85.7 cm³/mol. The van der Waals surface area contributed by atoms with Crippen LogP contribution in [0.3, 0.4) is 0 Å². The van der Waals surface area contributed by atoms with Gasteiger partial charge >= 0.3 is 0 Å². The van der Waals surface area contributed by atoms with Gasteiger partial charge in [-0.2, -0.15) is 0 Å². The van der Waals surface area contributed by atoms with Gasteiger partial charge in [-0.15, -0.1) is 0 Å². The lowest BCUT2D eigenvalue weighted by Gasteiger charge is -2.37. The summed E-state index contributed by atoms with van der Waals surface area (Å²) in [6.07, 6.45) is 5.72. The van der Waals surface area contributed by atoms with Crippen LogP contribution in [0.1, 0.15) is 50.6 Å². The molecule has 1 atom stereocenters. The van der Waals surface area contributed by atoms with E-state index in [4.69, 9.17) is 27.9 Å². The first-order valence-corrected chi connectivity index (χ1v) is 8.12. The Hall–Kier alpha value is -0.280. The summed E-state index contributed by atoms with van der Waals surface area (Å²) in [4.78, 5) is 0. The minimum absolute atomic E-state index is 0.119. The van der Waals surface area contributed by atoms with Crippen molar-refractivity contribution in [3.8, 4) is 0 Å². The van der Waals surface area contributed by atoms with Crippen molar-refractivity contribution in [1.82, 2.24) is 5.32 Å². The van der Waals surface area contributed by atoms with Crippen molar-refractivity contribution in [2.24, 2.45) is 0 Å². The van der Waals surface area contributed by atoms with Gasteiger partial charge in [0.25, 0.3) is 0 Å². The van der Waals surface area contributed by atoms with E-state index < -0.39 is 0 Å². The largest absolute Gasteiger partial charge is 0.376 e. The lowest BCUT2D eigenvalue weighted by molar-refractivity contribution is -0.0367. The third-order valence-electron chi connectivity index (χ3n) is 4.26. The van der Waals surface area contributed by atoms with E-state index in [0.29, 0.717) is 10.0 Å². The Labute approximate surface area is 131 Å². The zero-order chi connectivity index (χ0) is 14.6. The van der Waals surface area contributed by atoms with Gasteiger partial charge in [0.1, 0.15) is 0 Å². The molecule has 1 aliphatic carbocycles. The number of nitrogens with one attached hydrogen (secondary N) is 1. The topological polar surface area (TPSA) is 21.3 Å². The number of methoxy groups -OCH3 is 1. The first-order valence-electron chi connectivity index (χ1n) is 7.36. The van der Waals surface area contributed by atoms with E-state index in [1.165, 1.54) is 12.8 Å². The lowest BCUT2D eigenvalue weighted by atomic mass is 9.86. The molecule has 0 amide bonds. The fourth-order valence-electron chi connectivity index (χ4n) is 3.17. The highest BCUT2D eigenvalue weighted by Crippen LogP contribution is 2.43. The summed E-state index contributed by atoms with van der Waals surface area (Å²) >= 11 is 12.2. The maximum Gasteiger partial charge on any atom is 0.0872 e. The Morgan fingerprint density at radius 3 is 2.50 bits per heavy atom. The Kier molecular flexibility index (Phi) is 5.74.